The monoisotopic (exact) mass is 180 g/mol. The fourth-order valence-corrected chi connectivity index (χ4v) is 0.893. The van der Waals surface area contributed by atoms with Crippen LogP contribution in [0.1, 0.15) is 13.3 Å². The Kier molecular flexibility index (Phi) is 2.74. The van der Waals surface area contributed by atoms with Crippen LogP contribution in [0.15, 0.2) is 18.2 Å². The Hall–Kier alpha value is -1.71. The molecular weight excluding hydrogens is 168 g/mol. The Balaban J connectivity index is 2.83. The van der Waals surface area contributed by atoms with Crippen molar-refractivity contribution < 1.29 is 9.90 Å². The van der Waals surface area contributed by atoms with Crippen LogP contribution in [0.5, 0.6) is 5.75 Å². The molecule has 4 nitrogen and oxygen atoms in total. The predicted molar refractivity (Wildman–Crippen MR) is 51.4 cm³/mol. The number of nitrogen functional groups attached to an aromatic ring is 1. The van der Waals surface area contributed by atoms with Gasteiger partial charge in [-0.1, -0.05) is 6.92 Å². The number of hydrogen-bond acceptors (Lipinski definition) is 3. The number of phenols is 1. The van der Waals surface area contributed by atoms with Gasteiger partial charge in [0.15, 0.2) is 0 Å². The highest BCUT2D eigenvalue weighted by atomic mass is 16.3. The molecule has 0 saturated heterocycles. The maximum atomic E-state index is 11.0. The second-order valence-electron chi connectivity index (χ2n) is 2.68. The third kappa shape index (κ3) is 2.37. The van der Waals surface area contributed by atoms with Gasteiger partial charge in [0, 0.05) is 18.2 Å². The molecule has 0 saturated carbocycles. The number of hydrogen-bond donors (Lipinski definition) is 3. The van der Waals surface area contributed by atoms with Crippen LogP contribution in [-0.4, -0.2) is 11.0 Å². The van der Waals surface area contributed by atoms with Gasteiger partial charge in [-0.2, -0.15) is 0 Å². The van der Waals surface area contributed by atoms with E-state index in [0.29, 0.717) is 17.8 Å². The molecule has 0 atom stereocenters. The third-order valence-electron chi connectivity index (χ3n) is 1.62. The molecule has 0 aliphatic carbocycles. The molecule has 0 heterocycles. The molecule has 1 aromatic rings. The Morgan fingerprint density at radius 1 is 1.62 bits per heavy atom. The van der Waals surface area contributed by atoms with Gasteiger partial charge < -0.3 is 16.2 Å². The third-order valence-corrected chi connectivity index (χ3v) is 1.62. The summed E-state index contributed by atoms with van der Waals surface area (Å²) in [7, 11) is 0. The van der Waals surface area contributed by atoms with Crippen LogP contribution in [-0.2, 0) is 4.79 Å². The van der Waals surface area contributed by atoms with Gasteiger partial charge in [0.1, 0.15) is 5.75 Å². The lowest BCUT2D eigenvalue weighted by Gasteiger charge is -2.05. The minimum atomic E-state index is -0.139. The van der Waals surface area contributed by atoms with E-state index in [0.717, 1.165) is 0 Å². The number of anilines is 2. The van der Waals surface area contributed by atoms with Gasteiger partial charge in [-0.3, -0.25) is 4.79 Å². The van der Waals surface area contributed by atoms with E-state index in [1.54, 1.807) is 19.1 Å². The molecular formula is C9H12N2O2. The molecule has 0 aliphatic heterocycles. The van der Waals surface area contributed by atoms with E-state index in [2.05, 4.69) is 5.32 Å². The van der Waals surface area contributed by atoms with E-state index < -0.39 is 0 Å². The first-order valence-corrected chi connectivity index (χ1v) is 4.02. The molecule has 70 valence electrons. The summed E-state index contributed by atoms with van der Waals surface area (Å²) in [6.07, 6.45) is 0.379. The first kappa shape index (κ1) is 9.38. The Bertz CT molecular complexity index is 323. The molecule has 13 heavy (non-hydrogen) atoms. The van der Waals surface area contributed by atoms with Crippen molar-refractivity contribution in [2.75, 3.05) is 11.1 Å². The molecule has 0 spiro atoms. The summed E-state index contributed by atoms with van der Waals surface area (Å²) in [5.74, 6) is -0.151. The fourth-order valence-electron chi connectivity index (χ4n) is 0.893. The van der Waals surface area contributed by atoms with Crippen LogP contribution in [0, 0.1) is 0 Å². The number of nitrogens with two attached hydrogens (primary N) is 1. The number of nitrogens with one attached hydrogen (secondary N) is 1. The number of aromatic hydroxyl groups is 1. The SMILES string of the molecule is CCC(=O)Nc1ccc(N)cc1O. The maximum absolute atomic E-state index is 11.0. The van der Waals surface area contributed by atoms with Crippen LogP contribution in [0.2, 0.25) is 0 Å². The molecule has 0 unspecified atom stereocenters. The Labute approximate surface area is 76.4 Å². The zero-order valence-electron chi connectivity index (χ0n) is 7.37. The molecule has 0 bridgehead atoms. The lowest BCUT2D eigenvalue weighted by Crippen LogP contribution is -2.09. The van der Waals surface area contributed by atoms with E-state index in [4.69, 9.17) is 5.73 Å². The van der Waals surface area contributed by atoms with Crippen LogP contribution >= 0.6 is 0 Å². The minimum absolute atomic E-state index is 0.0122. The average Bonchev–Trinajstić information content (AvgIpc) is 2.09. The van der Waals surface area contributed by atoms with Gasteiger partial charge in [0.05, 0.1) is 5.69 Å². The summed E-state index contributed by atoms with van der Waals surface area (Å²) >= 11 is 0. The minimum Gasteiger partial charge on any atom is -0.506 e. The van der Waals surface area contributed by atoms with Crippen molar-refractivity contribution in [3.63, 3.8) is 0 Å². The second-order valence-corrected chi connectivity index (χ2v) is 2.68. The van der Waals surface area contributed by atoms with Gasteiger partial charge in [0.2, 0.25) is 5.91 Å². The van der Waals surface area contributed by atoms with Crippen LogP contribution in [0.25, 0.3) is 0 Å². The topological polar surface area (TPSA) is 75.4 Å². The molecule has 4 heteroatoms. The van der Waals surface area contributed by atoms with Crippen molar-refractivity contribution >= 4 is 17.3 Å². The fraction of sp³-hybridized carbons (Fsp3) is 0.222. The van der Waals surface area contributed by atoms with Crippen molar-refractivity contribution in [2.45, 2.75) is 13.3 Å². The maximum Gasteiger partial charge on any atom is 0.224 e. The van der Waals surface area contributed by atoms with Crippen LogP contribution in [0.3, 0.4) is 0 Å². The number of carbonyl (C=O) groups excluding carboxylic acids is 1. The Morgan fingerprint density at radius 2 is 2.31 bits per heavy atom. The van der Waals surface area contributed by atoms with E-state index >= 15 is 0 Å². The summed E-state index contributed by atoms with van der Waals surface area (Å²) in [6, 6.07) is 4.58. The quantitative estimate of drug-likeness (QED) is 0.474. The first-order chi connectivity index (χ1) is 6.13. The number of rotatable bonds is 2. The number of carbonyl (C=O) groups is 1. The highest BCUT2D eigenvalue weighted by Gasteiger charge is 2.03. The number of amides is 1. The van der Waals surface area contributed by atoms with E-state index in [1.165, 1.54) is 6.07 Å². The van der Waals surface area contributed by atoms with Crippen molar-refractivity contribution in [2.24, 2.45) is 0 Å². The molecule has 1 aromatic carbocycles. The number of benzene rings is 1. The van der Waals surface area contributed by atoms with Crippen molar-refractivity contribution in [3.8, 4) is 5.75 Å². The highest BCUT2D eigenvalue weighted by Crippen LogP contribution is 2.25. The summed E-state index contributed by atoms with van der Waals surface area (Å²) in [5, 5.41) is 11.9. The molecule has 0 aliphatic rings. The van der Waals surface area contributed by atoms with Crippen LogP contribution in [0.4, 0.5) is 11.4 Å². The lowest BCUT2D eigenvalue weighted by molar-refractivity contribution is -0.115. The zero-order valence-corrected chi connectivity index (χ0v) is 7.37. The largest absolute Gasteiger partial charge is 0.506 e. The summed E-state index contributed by atoms with van der Waals surface area (Å²) < 4.78 is 0. The second kappa shape index (κ2) is 3.80. The summed E-state index contributed by atoms with van der Waals surface area (Å²) in [4.78, 5) is 11.0. The van der Waals surface area contributed by atoms with Crippen molar-refractivity contribution in [1.82, 2.24) is 0 Å². The first-order valence-electron chi connectivity index (χ1n) is 4.02. The normalized spacial score (nSPS) is 9.62. The smallest absolute Gasteiger partial charge is 0.224 e. The average molecular weight is 180 g/mol. The predicted octanol–water partition coefficient (Wildman–Crippen LogP) is 1.32. The van der Waals surface area contributed by atoms with Gasteiger partial charge in [-0.25, -0.2) is 0 Å². The molecule has 4 N–H and O–H groups in total. The molecule has 1 amide bonds. The molecule has 0 aromatic heterocycles. The van der Waals surface area contributed by atoms with E-state index in [9.17, 15) is 9.90 Å². The molecule has 1 rings (SSSR count). The molecule has 0 radical (unpaired) electrons. The van der Waals surface area contributed by atoms with Gasteiger partial charge >= 0.3 is 0 Å². The van der Waals surface area contributed by atoms with Crippen molar-refractivity contribution in [3.05, 3.63) is 18.2 Å². The van der Waals surface area contributed by atoms with E-state index in [-0.39, 0.29) is 11.7 Å². The Morgan fingerprint density at radius 3 is 2.85 bits per heavy atom. The van der Waals surface area contributed by atoms with Gasteiger partial charge in [-0.15, -0.1) is 0 Å². The van der Waals surface area contributed by atoms with Crippen LogP contribution < -0.4 is 11.1 Å². The lowest BCUT2D eigenvalue weighted by atomic mass is 10.2. The van der Waals surface area contributed by atoms with E-state index in [1.807, 2.05) is 0 Å². The highest BCUT2D eigenvalue weighted by molar-refractivity contribution is 5.92. The summed E-state index contributed by atoms with van der Waals surface area (Å²) in [5.41, 5.74) is 6.27. The standard InChI is InChI=1S/C9H12N2O2/c1-2-9(13)11-7-4-3-6(10)5-8(7)12/h3-5,12H,2,10H2,1H3,(H,11,13). The zero-order chi connectivity index (χ0) is 9.84. The number of phenolic OH excluding ortho intramolecular Hbond substituents is 1. The summed E-state index contributed by atoms with van der Waals surface area (Å²) in [6.45, 7) is 1.74. The van der Waals surface area contributed by atoms with Gasteiger partial charge in [-0.05, 0) is 12.1 Å². The molecule has 0 fully saturated rings. The van der Waals surface area contributed by atoms with Crippen molar-refractivity contribution in [1.29, 1.82) is 0 Å². The van der Waals surface area contributed by atoms with Gasteiger partial charge in [0.25, 0.3) is 0 Å².